The minimum absolute atomic E-state index is 0. The maximum absolute atomic E-state index is 5.65. The van der Waals surface area contributed by atoms with Crippen LogP contribution in [0.3, 0.4) is 0 Å². The van der Waals surface area contributed by atoms with Crippen molar-refractivity contribution in [1.82, 2.24) is 5.32 Å². The fraction of sp³-hybridized carbons (Fsp3) is 1.00. The highest BCUT2D eigenvalue weighted by atomic mass is 79.9. The predicted octanol–water partition coefficient (Wildman–Crippen LogP) is 4.92. The van der Waals surface area contributed by atoms with Crippen molar-refractivity contribution in [2.24, 2.45) is 0 Å². The predicted molar refractivity (Wildman–Crippen MR) is 81.1 cm³/mol. The number of nitrogens with one attached hydrogen (secondary N) is 1. The monoisotopic (exact) mass is 313 g/mol. The van der Waals surface area contributed by atoms with Gasteiger partial charge in [0.15, 0.2) is 0 Å². The SMILES string of the molecule is Br.CCCCCCCC(C)(C)NCCCCl. The second-order valence-electron chi connectivity index (χ2n) is 5.02. The van der Waals surface area contributed by atoms with Crippen molar-refractivity contribution in [3.05, 3.63) is 0 Å². The van der Waals surface area contributed by atoms with E-state index in [0.29, 0.717) is 0 Å². The van der Waals surface area contributed by atoms with E-state index in [9.17, 15) is 0 Å². The minimum Gasteiger partial charge on any atom is -0.312 e. The van der Waals surface area contributed by atoms with E-state index in [0.717, 1.165) is 18.8 Å². The zero-order valence-corrected chi connectivity index (χ0v) is 13.6. The molecule has 100 valence electrons. The van der Waals surface area contributed by atoms with Crippen LogP contribution >= 0.6 is 28.6 Å². The van der Waals surface area contributed by atoms with Crippen molar-refractivity contribution in [1.29, 1.82) is 0 Å². The van der Waals surface area contributed by atoms with Crippen LogP contribution in [0.4, 0.5) is 0 Å². The summed E-state index contributed by atoms with van der Waals surface area (Å²) in [4.78, 5) is 0. The molecule has 0 aromatic rings. The van der Waals surface area contributed by atoms with Crippen LogP contribution in [0.25, 0.3) is 0 Å². The van der Waals surface area contributed by atoms with Crippen molar-refractivity contribution < 1.29 is 0 Å². The van der Waals surface area contributed by atoms with Crippen LogP contribution in [-0.4, -0.2) is 18.0 Å². The quantitative estimate of drug-likeness (QED) is 0.446. The molecule has 0 heterocycles. The Hall–Kier alpha value is 0.730. The van der Waals surface area contributed by atoms with Gasteiger partial charge in [-0.2, -0.15) is 0 Å². The summed E-state index contributed by atoms with van der Waals surface area (Å²) in [6.45, 7) is 7.89. The van der Waals surface area contributed by atoms with E-state index in [4.69, 9.17) is 11.6 Å². The summed E-state index contributed by atoms with van der Waals surface area (Å²) in [6, 6.07) is 0. The molecule has 0 atom stereocenters. The first-order chi connectivity index (χ1) is 7.12. The lowest BCUT2D eigenvalue weighted by Crippen LogP contribution is -2.39. The third-order valence-electron chi connectivity index (χ3n) is 2.82. The number of hydrogen-bond donors (Lipinski definition) is 1. The smallest absolute Gasteiger partial charge is 0.0235 e. The fourth-order valence-corrected chi connectivity index (χ4v) is 1.89. The minimum atomic E-state index is 0. The molecule has 0 radical (unpaired) electrons. The third-order valence-corrected chi connectivity index (χ3v) is 3.09. The molecule has 3 heteroatoms. The Bertz CT molecular complexity index is 140. The molecule has 0 saturated heterocycles. The summed E-state index contributed by atoms with van der Waals surface area (Å²) >= 11 is 5.65. The molecule has 0 spiro atoms. The summed E-state index contributed by atoms with van der Waals surface area (Å²) in [6.07, 6.45) is 9.20. The van der Waals surface area contributed by atoms with Gasteiger partial charge in [0, 0.05) is 11.4 Å². The van der Waals surface area contributed by atoms with Gasteiger partial charge in [-0.15, -0.1) is 28.6 Å². The maximum atomic E-state index is 5.65. The van der Waals surface area contributed by atoms with Gasteiger partial charge in [0.05, 0.1) is 0 Å². The van der Waals surface area contributed by atoms with Crippen molar-refractivity contribution in [2.75, 3.05) is 12.4 Å². The van der Waals surface area contributed by atoms with Gasteiger partial charge in [-0.05, 0) is 33.2 Å². The van der Waals surface area contributed by atoms with E-state index < -0.39 is 0 Å². The van der Waals surface area contributed by atoms with Gasteiger partial charge in [0.2, 0.25) is 0 Å². The molecule has 0 unspecified atom stereocenters. The molecule has 0 fully saturated rings. The Morgan fingerprint density at radius 3 is 2.19 bits per heavy atom. The van der Waals surface area contributed by atoms with Gasteiger partial charge >= 0.3 is 0 Å². The summed E-state index contributed by atoms with van der Waals surface area (Å²) in [5, 5.41) is 3.57. The first kappa shape index (κ1) is 19.1. The fourth-order valence-electron chi connectivity index (χ4n) is 1.75. The molecule has 0 aliphatic rings. The van der Waals surface area contributed by atoms with Gasteiger partial charge in [-0.3, -0.25) is 0 Å². The topological polar surface area (TPSA) is 12.0 Å². The molecule has 0 aromatic carbocycles. The molecular formula is C13H29BrClN. The molecule has 16 heavy (non-hydrogen) atoms. The number of unbranched alkanes of at least 4 members (excludes halogenated alkanes) is 4. The van der Waals surface area contributed by atoms with E-state index in [1.165, 1.54) is 38.5 Å². The van der Waals surface area contributed by atoms with Crippen LogP contribution in [0.2, 0.25) is 0 Å². The van der Waals surface area contributed by atoms with E-state index in [1.807, 2.05) is 0 Å². The zero-order chi connectivity index (χ0) is 11.6. The Morgan fingerprint density at radius 1 is 1.00 bits per heavy atom. The number of hydrogen-bond acceptors (Lipinski definition) is 1. The normalized spacial score (nSPS) is 11.2. The Balaban J connectivity index is 0. The Kier molecular flexibility index (Phi) is 14.5. The van der Waals surface area contributed by atoms with E-state index >= 15 is 0 Å². The van der Waals surface area contributed by atoms with Crippen LogP contribution in [0.1, 0.15) is 65.7 Å². The number of halogens is 2. The first-order valence-electron chi connectivity index (χ1n) is 6.43. The summed E-state index contributed by atoms with van der Waals surface area (Å²) in [5.41, 5.74) is 0.290. The molecule has 0 aliphatic carbocycles. The second kappa shape index (κ2) is 12.2. The van der Waals surface area contributed by atoms with Crippen LogP contribution in [-0.2, 0) is 0 Å². The van der Waals surface area contributed by atoms with Gasteiger partial charge in [0.25, 0.3) is 0 Å². The van der Waals surface area contributed by atoms with E-state index in [-0.39, 0.29) is 22.5 Å². The van der Waals surface area contributed by atoms with Crippen LogP contribution in [0, 0.1) is 0 Å². The van der Waals surface area contributed by atoms with E-state index in [1.54, 1.807) is 0 Å². The molecular weight excluding hydrogens is 286 g/mol. The standard InChI is InChI=1S/C13H28ClN.BrH/c1-4-5-6-7-8-10-13(2,3)15-12-9-11-14;/h15H,4-12H2,1-3H3;1H. The summed E-state index contributed by atoms with van der Waals surface area (Å²) in [7, 11) is 0. The molecule has 1 nitrogen and oxygen atoms in total. The van der Waals surface area contributed by atoms with Gasteiger partial charge in [0.1, 0.15) is 0 Å². The number of alkyl halides is 1. The average molecular weight is 315 g/mol. The van der Waals surface area contributed by atoms with Crippen molar-refractivity contribution in [3.8, 4) is 0 Å². The molecule has 0 aliphatic heterocycles. The first-order valence-corrected chi connectivity index (χ1v) is 6.97. The average Bonchev–Trinajstić information content (AvgIpc) is 2.17. The van der Waals surface area contributed by atoms with Gasteiger partial charge in [-0.25, -0.2) is 0 Å². The highest BCUT2D eigenvalue weighted by Crippen LogP contribution is 2.15. The largest absolute Gasteiger partial charge is 0.312 e. The molecule has 0 amide bonds. The lowest BCUT2D eigenvalue weighted by Gasteiger charge is -2.26. The molecule has 0 bridgehead atoms. The molecule has 1 N–H and O–H groups in total. The van der Waals surface area contributed by atoms with E-state index in [2.05, 4.69) is 26.1 Å². The molecule has 0 saturated carbocycles. The van der Waals surface area contributed by atoms with Crippen LogP contribution in [0.15, 0.2) is 0 Å². The van der Waals surface area contributed by atoms with Crippen molar-refractivity contribution in [2.45, 2.75) is 71.3 Å². The maximum Gasteiger partial charge on any atom is 0.0235 e. The lowest BCUT2D eigenvalue weighted by atomic mass is 9.96. The highest BCUT2D eigenvalue weighted by Gasteiger charge is 2.15. The second-order valence-corrected chi connectivity index (χ2v) is 5.40. The van der Waals surface area contributed by atoms with Crippen LogP contribution < -0.4 is 5.32 Å². The Labute approximate surface area is 117 Å². The van der Waals surface area contributed by atoms with Crippen molar-refractivity contribution >= 4 is 28.6 Å². The summed E-state index contributed by atoms with van der Waals surface area (Å²) in [5.74, 6) is 0.763. The Morgan fingerprint density at radius 2 is 1.62 bits per heavy atom. The lowest BCUT2D eigenvalue weighted by molar-refractivity contribution is 0.348. The van der Waals surface area contributed by atoms with Crippen LogP contribution in [0.5, 0.6) is 0 Å². The third kappa shape index (κ3) is 12.8. The van der Waals surface area contributed by atoms with Gasteiger partial charge in [-0.1, -0.05) is 39.0 Å². The highest BCUT2D eigenvalue weighted by molar-refractivity contribution is 8.93. The number of rotatable bonds is 10. The zero-order valence-electron chi connectivity index (χ0n) is 11.2. The molecule has 0 aromatic heterocycles. The van der Waals surface area contributed by atoms with Gasteiger partial charge < -0.3 is 5.32 Å². The molecule has 0 rings (SSSR count). The summed E-state index contributed by atoms with van der Waals surface area (Å²) < 4.78 is 0. The van der Waals surface area contributed by atoms with Crippen molar-refractivity contribution in [3.63, 3.8) is 0 Å².